The molecule has 0 spiro atoms. The van der Waals surface area contributed by atoms with Crippen molar-refractivity contribution in [3.8, 4) is 11.4 Å². The average molecular weight is 323 g/mol. The van der Waals surface area contributed by atoms with Crippen molar-refractivity contribution < 1.29 is 9.66 Å². The highest BCUT2D eigenvalue weighted by molar-refractivity contribution is 5.37. The normalized spacial score (nSPS) is 10.6. The minimum atomic E-state index is -0.429. The van der Waals surface area contributed by atoms with Crippen LogP contribution in [0.3, 0.4) is 0 Å². The molecule has 0 aliphatic carbocycles. The van der Waals surface area contributed by atoms with Crippen LogP contribution >= 0.6 is 0 Å². The van der Waals surface area contributed by atoms with Gasteiger partial charge in [-0.2, -0.15) is 5.10 Å². The molecule has 0 fully saturated rings. The highest BCUT2D eigenvalue weighted by Gasteiger charge is 2.06. The molecule has 0 aliphatic heterocycles. The smallest absolute Gasteiger partial charge is 0.269 e. The molecule has 0 atom stereocenters. The zero-order chi connectivity index (χ0) is 17.1. The molecule has 0 N–H and O–H groups in total. The Balaban J connectivity index is 1.66. The van der Waals surface area contributed by atoms with Crippen molar-refractivity contribution in [2.75, 3.05) is 0 Å². The van der Waals surface area contributed by atoms with Crippen LogP contribution in [0.2, 0.25) is 0 Å². The third kappa shape index (κ3) is 3.43. The lowest BCUT2D eigenvalue weighted by Crippen LogP contribution is -2.00. The molecule has 1 heterocycles. The molecule has 0 bridgehead atoms. The standard InChI is InChI=1S/C18H17N3O3/c1-13-11-14(2)20(19-13)16-5-3-15(4-6-16)12-24-18-9-7-17(8-10-18)21(22)23/h3-11H,12H2,1-2H3. The number of hydrogen-bond donors (Lipinski definition) is 0. The van der Waals surface area contributed by atoms with E-state index in [1.165, 1.54) is 12.1 Å². The van der Waals surface area contributed by atoms with Crippen molar-refractivity contribution in [1.29, 1.82) is 0 Å². The summed E-state index contributed by atoms with van der Waals surface area (Å²) in [5, 5.41) is 15.1. The van der Waals surface area contributed by atoms with Gasteiger partial charge >= 0.3 is 0 Å². The van der Waals surface area contributed by atoms with Crippen LogP contribution in [-0.2, 0) is 6.61 Å². The molecule has 2 aromatic carbocycles. The molecule has 0 amide bonds. The van der Waals surface area contributed by atoms with Crippen LogP contribution < -0.4 is 4.74 Å². The maximum Gasteiger partial charge on any atom is 0.269 e. The molecule has 0 saturated heterocycles. The predicted molar refractivity (Wildman–Crippen MR) is 90.5 cm³/mol. The second-order valence-corrected chi connectivity index (χ2v) is 5.55. The molecule has 24 heavy (non-hydrogen) atoms. The number of aromatic nitrogens is 2. The van der Waals surface area contributed by atoms with Gasteiger partial charge in [-0.1, -0.05) is 12.1 Å². The number of hydrogen-bond acceptors (Lipinski definition) is 4. The van der Waals surface area contributed by atoms with E-state index in [1.54, 1.807) is 12.1 Å². The fourth-order valence-electron chi connectivity index (χ4n) is 2.45. The quantitative estimate of drug-likeness (QED) is 0.526. The molecule has 6 nitrogen and oxygen atoms in total. The Labute approximate surface area is 139 Å². The lowest BCUT2D eigenvalue weighted by molar-refractivity contribution is -0.384. The van der Waals surface area contributed by atoms with Gasteiger partial charge in [0.1, 0.15) is 12.4 Å². The molecule has 0 radical (unpaired) electrons. The maximum atomic E-state index is 10.6. The van der Waals surface area contributed by atoms with Crippen LogP contribution in [-0.4, -0.2) is 14.7 Å². The lowest BCUT2D eigenvalue weighted by atomic mass is 10.2. The third-order valence-corrected chi connectivity index (χ3v) is 3.64. The highest BCUT2D eigenvalue weighted by Crippen LogP contribution is 2.19. The fraction of sp³-hybridized carbons (Fsp3) is 0.167. The van der Waals surface area contributed by atoms with Gasteiger partial charge in [-0.3, -0.25) is 10.1 Å². The van der Waals surface area contributed by atoms with Gasteiger partial charge in [0.05, 0.1) is 16.3 Å². The molecule has 6 heteroatoms. The van der Waals surface area contributed by atoms with Crippen molar-refractivity contribution >= 4 is 5.69 Å². The Morgan fingerprint density at radius 3 is 2.29 bits per heavy atom. The summed E-state index contributed by atoms with van der Waals surface area (Å²) in [6, 6.07) is 16.1. The highest BCUT2D eigenvalue weighted by atomic mass is 16.6. The Kier molecular flexibility index (Phi) is 4.29. The zero-order valence-corrected chi connectivity index (χ0v) is 13.5. The number of aryl methyl sites for hydroxylation is 2. The number of nitrogens with zero attached hydrogens (tertiary/aromatic N) is 3. The number of non-ortho nitro benzene ring substituents is 1. The van der Waals surface area contributed by atoms with Crippen molar-refractivity contribution in [3.63, 3.8) is 0 Å². The predicted octanol–water partition coefficient (Wildman–Crippen LogP) is 3.98. The first kappa shape index (κ1) is 15.7. The second-order valence-electron chi connectivity index (χ2n) is 5.55. The molecule has 122 valence electrons. The van der Waals surface area contributed by atoms with E-state index in [0.29, 0.717) is 12.4 Å². The van der Waals surface area contributed by atoms with E-state index in [2.05, 4.69) is 5.10 Å². The minimum absolute atomic E-state index is 0.0524. The summed E-state index contributed by atoms with van der Waals surface area (Å²) in [6.45, 7) is 4.39. The largest absolute Gasteiger partial charge is 0.489 e. The first-order chi connectivity index (χ1) is 11.5. The van der Waals surface area contributed by atoms with Crippen LogP contribution in [0.25, 0.3) is 5.69 Å². The Hall–Kier alpha value is -3.15. The molecule has 0 saturated carbocycles. The maximum absolute atomic E-state index is 10.6. The van der Waals surface area contributed by atoms with E-state index >= 15 is 0 Å². The molecule has 3 rings (SSSR count). The van der Waals surface area contributed by atoms with Gasteiger partial charge in [0.15, 0.2) is 0 Å². The van der Waals surface area contributed by atoms with Crippen molar-refractivity contribution in [2.45, 2.75) is 20.5 Å². The van der Waals surface area contributed by atoms with Crippen LogP contribution in [0.15, 0.2) is 54.6 Å². The van der Waals surface area contributed by atoms with E-state index in [9.17, 15) is 10.1 Å². The molecule has 1 aromatic heterocycles. The van der Waals surface area contributed by atoms with Gasteiger partial charge < -0.3 is 4.74 Å². The number of rotatable bonds is 5. The monoisotopic (exact) mass is 323 g/mol. The van der Waals surface area contributed by atoms with Gasteiger partial charge in [-0.15, -0.1) is 0 Å². The van der Waals surface area contributed by atoms with Crippen LogP contribution in [0.4, 0.5) is 5.69 Å². The van der Waals surface area contributed by atoms with Gasteiger partial charge in [-0.25, -0.2) is 4.68 Å². The van der Waals surface area contributed by atoms with Crippen LogP contribution in [0.1, 0.15) is 17.0 Å². The summed E-state index contributed by atoms with van der Waals surface area (Å²) in [5.74, 6) is 0.600. The number of ether oxygens (including phenoxy) is 1. The van der Waals surface area contributed by atoms with E-state index in [1.807, 2.05) is 48.9 Å². The minimum Gasteiger partial charge on any atom is -0.489 e. The molecular weight excluding hydrogens is 306 g/mol. The summed E-state index contributed by atoms with van der Waals surface area (Å²) >= 11 is 0. The van der Waals surface area contributed by atoms with Gasteiger partial charge in [0.25, 0.3) is 5.69 Å². The summed E-state index contributed by atoms with van der Waals surface area (Å²) in [7, 11) is 0. The van der Waals surface area contributed by atoms with Gasteiger partial charge in [0.2, 0.25) is 0 Å². The van der Waals surface area contributed by atoms with Crippen molar-refractivity contribution in [2.24, 2.45) is 0 Å². The SMILES string of the molecule is Cc1cc(C)n(-c2ccc(COc3ccc([N+](=O)[O-])cc3)cc2)n1. The number of nitro groups is 1. The zero-order valence-electron chi connectivity index (χ0n) is 13.5. The Morgan fingerprint density at radius 2 is 1.75 bits per heavy atom. The molecule has 3 aromatic rings. The van der Waals surface area contributed by atoms with Gasteiger partial charge in [-0.05, 0) is 49.7 Å². The molecular formula is C18H17N3O3. The lowest BCUT2D eigenvalue weighted by Gasteiger charge is -2.08. The number of benzene rings is 2. The first-order valence-electron chi connectivity index (χ1n) is 7.53. The van der Waals surface area contributed by atoms with Crippen molar-refractivity contribution in [1.82, 2.24) is 9.78 Å². The molecule has 0 aliphatic rings. The molecule has 0 unspecified atom stereocenters. The van der Waals surface area contributed by atoms with Crippen LogP contribution in [0.5, 0.6) is 5.75 Å². The summed E-state index contributed by atoms with van der Waals surface area (Å²) in [6.07, 6.45) is 0. The van der Waals surface area contributed by atoms with Crippen molar-refractivity contribution in [3.05, 3.63) is 81.7 Å². The first-order valence-corrected chi connectivity index (χ1v) is 7.53. The average Bonchev–Trinajstić information content (AvgIpc) is 2.92. The van der Waals surface area contributed by atoms with E-state index in [4.69, 9.17) is 4.74 Å². The topological polar surface area (TPSA) is 70.2 Å². The summed E-state index contributed by atoms with van der Waals surface area (Å²) in [4.78, 5) is 10.2. The fourth-order valence-corrected chi connectivity index (χ4v) is 2.45. The third-order valence-electron chi connectivity index (χ3n) is 3.64. The van der Waals surface area contributed by atoms with E-state index in [-0.39, 0.29) is 5.69 Å². The summed E-state index contributed by atoms with van der Waals surface area (Å²) in [5.41, 5.74) is 4.13. The second kappa shape index (κ2) is 6.54. The van der Waals surface area contributed by atoms with E-state index in [0.717, 1.165) is 22.6 Å². The van der Waals surface area contributed by atoms with Gasteiger partial charge in [0, 0.05) is 17.8 Å². The number of nitro benzene ring substituents is 1. The summed E-state index contributed by atoms with van der Waals surface area (Å²) < 4.78 is 7.55. The van der Waals surface area contributed by atoms with Crippen LogP contribution in [0, 0.1) is 24.0 Å². The van der Waals surface area contributed by atoms with E-state index < -0.39 is 4.92 Å². The Morgan fingerprint density at radius 1 is 1.08 bits per heavy atom. The Bertz CT molecular complexity index is 852.